The molecule has 0 fully saturated rings. The summed E-state index contributed by atoms with van der Waals surface area (Å²) < 4.78 is 27.5. The number of carbonyl (C=O) groups is 1. The maximum atomic E-state index is 11.9. The van der Waals surface area contributed by atoms with Crippen molar-refractivity contribution in [1.82, 2.24) is 5.32 Å². The Bertz CT molecular complexity index is 982. The molecule has 0 aliphatic heterocycles. The van der Waals surface area contributed by atoms with Gasteiger partial charge in [0.05, 0.1) is 28.4 Å². The highest BCUT2D eigenvalue weighted by Gasteiger charge is 2.37. The zero-order chi connectivity index (χ0) is 24.6. The standard InChI is InChI=1S/C27H37NO6.ClH/c1-19(29)34-27(11-10-21-16-25(32-4)26(33-5)17-22(21)18-27)12-14-28-13-6-7-20-8-9-23(30-2)24(15-20)31-3;/h8-9,15-17,28H,6-7,10-14,18H2,1-5H3;1H. The first-order chi connectivity index (χ1) is 16.4. The summed E-state index contributed by atoms with van der Waals surface area (Å²) in [6.45, 7) is 3.15. The molecule has 0 amide bonds. The van der Waals surface area contributed by atoms with Crippen LogP contribution in [0, 0.1) is 0 Å². The smallest absolute Gasteiger partial charge is 0.303 e. The molecule has 1 unspecified atom stereocenters. The average molecular weight is 508 g/mol. The van der Waals surface area contributed by atoms with Gasteiger partial charge in [-0.1, -0.05) is 6.07 Å². The molecule has 8 heteroatoms. The number of aryl methyl sites for hydroxylation is 2. The van der Waals surface area contributed by atoms with E-state index in [0.29, 0.717) is 12.2 Å². The minimum atomic E-state index is -0.505. The number of esters is 1. The normalized spacial score (nSPS) is 16.5. The Labute approximate surface area is 214 Å². The minimum Gasteiger partial charge on any atom is -0.493 e. The van der Waals surface area contributed by atoms with Crippen LogP contribution in [0.25, 0.3) is 0 Å². The molecule has 0 saturated carbocycles. The van der Waals surface area contributed by atoms with E-state index < -0.39 is 5.60 Å². The van der Waals surface area contributed by atoms with Gasteiger partial charge in [0.2, 0.25) is 0 Å². The molecule has 2 aromatic carbocycles. The molecule has 0 bridgehead atoms. The van der Waals surface area contributed by atoms with Crippen LogP contribution in [-0.4, -0.2) is 53.1 Å². The van der Waals surface area contributed by atoms with Crippen molar-refractivity contribution in [2.75, 3.05) is 41.5 Å². The number of benzene rings is 2. The lowest BCUT2D eigenvalue weighted by atomic mass is 9.78. The van der Waals surface area contributed by atoms with Gasteiger partial charge in [-0.05, 0) is 79.7 Å². The van der Waals surface area contributed by atoms with Gasteiger partial charge in [0, 0.05) is 19.8 Å². The zero-order valence-electron chi connectivity index (χ0n) is 21.4. The van der Waals surface area contributed by atoms with Gasteiger partial charge in [0.1, 0.15) is 5.60 Å². The molecule has 3 rings (SSSR count). The molecule has 35 heavy (non-hydrogen) atoms. The van der Waals surface area contributed by atoms with Crippen LogP contribution in [0.3, 0.4) is 0 Å². The van der Waals surface area contributed by atoms with Gasteiger partial charge in [-0.25, -0.2) is 0 Å². The van der Waals surface area contributed by atoms with Crippen LogP contribution < -0.4 is 24.3 Å². The van der Waals surface area contributed by atoms with Crippen LogP contribution in [0.1, 0.15) is 42.9 Å². The summed E-state index contributed by atoms with van der Waals surface area (Å²) >= 11 is 0. The Morgan fingerprint density at radius 1 is 0.886 bits per heavy atom. The van der Waals surface area contributed by atoms with Crippen LogP contribution in [0.2, 0.25) is 0 Å². The van der Waals surface area contributed by atoms with Crippen molar-refractivity contribution in [3.05, 3.63) is 47.0 Å². The summed E-state index contributed by atoms with van der Waals surface area (Å²) in [6, 6.07) is 10.1. The minimum absolute atomic E-state index is 0. The Morgan fingerprint density at radius 2 is 1.51 bits per heavy atom. The van der Waals surface area contributed by atoms with Gasteiger partial charge in [0.25, 0.3) is 0 Å². The molecule has 0 saturated heterocycles. The van der Waals surface area contributed by atoms with E-state index in [4.69, 9.17) is 23.7 Å². The second kappa shape index (κ2) is 13.4. The third-order valence-corrected chi connectivity index (χ3v) is 6.45. The summed E-state index contributed by atoms with van der Waals surface area (Å²) in [5.74, 6) is 2.69. The van der Waals surface area contributed by atoms with E-state index in [9.17, 15) is 4.79 Å². The van der Waals surface area contributed by atoms with Crippen LogP contribution >= 0.6 is 12.4 Å². The van der Waals surface area contributed by atoms with E-state index in [0.717, 1.165) is 68.0 Å². The molecule has 0 aromatic heterocycles. The highest BCUT2D eigenvalue weighted by molar-refractivity contribution is 5.85. The number of ether oxygens (including phenoxy) is 5. The van der Waals surface area contributed by atoms with Gasteiger partial charge < -0.3 is 29.0 Å². The predicted molar refractivity (Wildman–Crippen MR) is 139 cm³/mol. The predicted octanol–water partition coefficient (Wildman–Crippen LogP) is 4.55. The summed E-state index contributed by atoms with van der Waals surface area (Å²) in [7, 11) is 6.58. The zero-order valence-corrected chi connectivity index (χ0v) is 22.2. The fourth-order valence-corrected chi connectivity index (χ4v) is 4.71. The molecule has 7 nitrogen and oxygen atoms in total. The van der Waals surface area contributed by atoms with Crippen molar-refractivity contribution in [3.63, 3.8) is 0 Å². The van der Waals surface area contributed by atoms with Crippen LogP contribution in [-0.2, 0) is 28.8 Å². The van der Waals surface area contributed by atoms with Gasteiger partial charge in [-0.2, -0.15) is 0 Å². The number of fused-ring (bicyclic) bond motifs is 1. The Balaban J connectivity index is 0.00000432. The number of hydrogen-bond donors (Lipinski definition) is 1. The van der Waals surface area contributed by atoms with E-state index in [1.807, 2.05) is 24.3 Å². The first-order valence-corrected chi connectivity index (χ1v) is 11.8. The second-order valence-corrected chi connectivity index (χ2v) is 8.72. The van der Waals surface area contributed by atoms with Gasteiger partial charge >= 0.3 is 5.97 Å². The van der Waals surface area contributed by atoms with Crippen LogP contribution in [0.5, 0.6) is 23.0 Å². The van der Waals surface area contributed by atoms with Crippen molar-refractivity contribution in [3.8, 4) is 23.0 Å². The Hall–Kier alpha value is -2.64. The first kappa shape index (κ1) is 28.6. The summed E-state index contributed by atoms with van der Waals surface area (Å²) in [5, 5.41) is 3.52. The molecule has 0 radical (unpaired) electrons. The monoisotopic (exact) mass is 507 g/mol. The van der Waals surface area contributed by atoms with Gasteiger partial charge in [-0.15, -0.1) is 12.4 Å². The van der Waals surface area contributed by atoms with E-state index in [1.165, 1.54) is 18.1 Å². The average Bonchev–Trinajstić information content (AvgIpc) is 2.84. The first-order valence-electron chi connectivity index (χ1n) is 11.8. The number of rotatable bonds is 12. The quantitative estimate of drug-likeness (QED) is 0.334. The third kappa shape index (κ3) is 7.42. The molecule has 0 spiro atoms. The highest BCUT2D eigenvalue weighted by atomic mass is 35.5. The summed E-state index contributed by atoms with van der Waals surface area (Å²) in [6.07, 6.45) is 5.00. The van der Waals surface area contributed by atoms with E-state index in [-0.39, 0.29) is 18.4 Å². The molecule has 0 heterocycles. The molecule has 1 atom stereocenters. The Morgan fingerprint density at radius 3 is 2.14 bits per heavy atom. The number of methoxy groups -OCH3 is 4. The van der Waals surface area contributed by atoms with E-state index >= 15 is 0 Å². The molecule has 1 aliphatic carbocycles. The number of carbonyl (C=O) groups excluding carboxylic acids is 1. The number of hydrogen-bond acceptors (Lipinski definition) is 7. The van der Waals surface area contributed by atoms with Crippen molar-refractivity contribution in [2.45, 2.75) is 51.0 Å². The number of halogens is 1. The van der Waals surface area contributed by atoms with Crippen LogP contribution in [0.15, 0.2) is 30.3 Å². The van der Waals surface area contributed by atoms with Crippen molar-refractivity contribution >= 4 is 18.4 Å². The highest BCUT2D eigenvalue weighted by Crippen LogP contribution is 2.39. The molecule has 194 valence electrons. The van der Waals surface area contributed by atoms with Crippen molar-refractivity contribution in [2.24, 2.45) is 0 Å². The third-order valence-electron chi connectivity index (χ3n) is 6.45. The van der Waals surface area contributed by atoms with Crippen LogP contribution in [0.4, 0.5) is 0 Å². The lowest BCUT2D eigenvalue weighted by molar-refractivity contribution is -0.159. The maximum Gasteiger partial charge on any atom is 0.303 e. The fraction of sp³-hybridized carbons (Fsp3) is 0.519. The Kier molecular flexibility index (Phi) is 11.0. The van der Waals surface area contributed by atoms with Gasteiger partial charge in [-0.3, -0.25) is 4.79 Å². The second-order valence-electron chi connectivity index (χ2n) is 8.72. The van der Waals surface area contributed by atoms with Gasteiger partial charge in [0.15, 0.2) is 23.0 Å². The lowest BCUT2D eigenvalue weighted by Crippen LogP contribution is -2.43. The fourth-order valence-electron chi connectivity index (χ4n) is 4.71. The molecule has 1 N–H and O–H groups in total. The molecular formula is C27H38ClNO6. The molecule has 2 aromatic rings. The molecule has 1 aliphatic rings. The topological polar surface area (TPSA) is 75.3 Å². The lowest BCUT2D eigenvalue weighted by Gasteiger charge is -2.38. The summed E-state index contributed by atoms with van der Waals surface area (Å²) in [5.41, 5.74) is 3.08. The van der Waals surface area contributed by atoms with E-state index in [1.54, 1.807) is 28.4 Å². The SMILES string of the molecule is COc1ccc(CCCNCCC2(OC(C)=O)CCc3cc(OC)c(OC)cc3C2)cc1OC.Cl. The van der Waals surface area contributed by atoms with Crippen molar-refractivity contribution in [1.29, 1.82) is 0 Å². The summed E-state index contributed by atoms with van der Waals surface area (Å²) in [4.78, 5) is 11.9. The number of nitrogens with one attached hydrogen (secondary N) is 1. The van der Waals surface area contributed by atoms with E-state index in [2.05, 4.69) is 11.4 Å². The van der Waals surface area contributed by atoms with Crippen molar-refractivity contribution < 1.29 is 28.5 Å². The molecular weight excluding hydrogens is 470 g/mol. The largest absolute Gasteiger partial charge is 0.493 e. The maximum absolute atomic E-state index is 11.9.